The average Bonchev–Trinajstić information content (AvgIpc) is 2.07. The molecule has 1 saturated heterocycles. The van der Waals surface area contributed by atoms with Crippen molar-refractivity contribution in [3.05, 3.63) is 6.10 Å². The minimum atomic E-state index is 1.14. The maximum Gasteiger partial charge on any atom is 0.0992 e. The molecule has 2 nitrogen and oxygen atoms in total. The van der Waals surface area contributed by atoms with Gasteiger partial charge in [-0.05, 0) is 25.8 Å². The molecular weight excluding hydrogens is 138 g/mol. The first-order chi connectivity index (χ1) is 5.36. The Morgan fingerprint density at radius 3 is 2.45 bits per heavy atom. The fourth-order valence-corrected chi connectivity index (χ4v) is 1.55. The van der Waals surface area contributed by atoms with E-state index in [0.717, 1.165) is 12.8 Å². The maximum atomic E-state index is 5.21. The van der Waals surface area contributed by atoms with Gasteiger partial charge in [0.15, 0.2) is 0 Å². The van der Waals surface area contributed by atoms with Crippen LogP contribution in [0.2, 0.25) is 0 Å². The number of hydrogen-bond acceptors (Lipinski definition) is 2. The minimum absolute atomic E-state index is 1.14. The highest BCUT2D eigenvalue weighted by Gasteiger charge is 2.18. The molecular formula is C9H18NO. The van der Waals surface area contributed by atoms with Crippen molar-refractivity contribution in [2.24, 2.45) is 0 Å². The lowest BCUT2D eigenvalue weighted by molar-refractivity contribution is 0.121. The van der Waals surface area contributed by atoms with Gasteiger partial charge in [0.2, 0.25) is 0 Å². The van der Waals surface area contributed by atoms with Gasteiger partial charge in [0, 0.05) is 20.2 Å². The van der Waals surface area contributed by atoms with Gasteiger partial charge in [-0.2, -0.15) is 0 Å². The van der Waals surface area contributed by atoms with E-state index in [9.17, 15) is 0 Å². The third kappa shape index (κ3) is 2.80. The first kappa shape index (κ1) is 9.01. The van der Waals surface area contributed by atoms with Crippen LogP contribution in [0.4, 0.5) is 0 Å². The molecule has 1 rings (SSSR count). The number of piperidine rings is 1. The SMILES string of the molecule is CCCN1CC[C](OC)CC1. The van der Waals surface area contributed by atoms with Crippen LogP contribution in [0.1, 0.15) is 26.2 Å². The molecule has 0 aromatic heterocycles. The zero-order valence-corrected chi connectivity index (χ0v) is 7.60. The van der Waals surface area contributed by atoms with Gasteiger partial charge < -0.3 is 9.64 Å². The zero-order chi connectivity index (χ0) is 8.10. The lowest BCUT2D eigenvalue weighted by Crippen LogP contribution is -2.33. The summed E-state index contributed by atoms with van der Waals surface area (Å²) in [6, 6.07) is 0. The highest BCUT2D eigenvalue weighted by Crippen LogP contribution is 2.18. The van der Waals surface area contributed by atoms with Gasteiger partial charge in [-0.3, -0.25) is 0 Å². The third-order valence-electron chi connectivity index (χ3n) is 2.24. The Morgan fingerprint density at radius 1 is 1.36 bits per heavy atom. The van der Waals surface area contributed by atoms with E-state index in [1.54, 1.807) is 7.11 Å². The highest BCUT2D eigenvalue weighted by molar-refractivity contribution is 4.85. The third-order valence-corrected chi connectivity index (χ3v) is 2.24. The Morgan fingerprint density at radius 2 is 2.00 bits per heavy atom. The smallest absolute Gasteiger partial charge is 0.0992 e. The van der Waals surface area contributed by atoms with Crippen LogP contribution in [0.15, 0.2) is 0 Å². The first-order valence-electron chi connectivity index (χ1n) is 4.48. The van der Waals surface area contributed by atoms with Gasteiger partial charge in [-0.1, -0.05) is 6.92 Å². The van der Waals surface area contributed by atoms with Crippen LogP contribution in [-0.4, -0.2) is 31.6 Å². The molecule has 0 bridgehead atoms. The van der Waals surface area contributed by atoms with Crippen molar-refractivity contribution in [3.63, 3.8) is 0 Å². The molecule has 1 aliphatic rings. The molecule has 0 aliphatic carbocycles. The largest absolute Gasteiger partial charge is 0.375 e. The van der Waals surface area contributed by atoms with Crippen LogP contribution in [0, 0.1) is 6.10 Å². The Kier molecular flexibility index (Phi) is 3.87. The van der Waals surface area contributed by atoms with Crippen molar-refractivity contribution in [3.8, 4) is 0 Å². The van der Waals surface area contributed by atoms with Crippen molar-refractivity contribution >= 4 is 0 Å². The molecule has 11 heavy (non-hydrogen) atoms. The van der Waals surface area contributed by atoms with E-state index in [-0.39, 0.29) is 0 Å². The van der Waals surface area contributed by atoms with Crippen LogP contribution >= 0.6 is 0 Å². The van der Waals surface area contributed by atoms with Gasteiger partial charge >= 0.3 is 0 Å². The van der Waals surface area contributed by atoms with Crippen molar-refractivity contribution in [2.45, 2.75) is 26.2 Å². The fourth-order valence-electron chi connectivity index (χ4n) is 1.55. The summed E-state index contributed by atoms with van der Waals surface area (Å²) in [4.78, 5) is 2.50. The van der Waals surface area contributed by atoms with Crippen LogP contribution in [-0.2, 0) is 4.74 Å². The van der Waals surface area contributed by atoms with Gasteiger partial charge in [0.05, 0.1) is 6.10 Å². The lowest BCUT2D eigenvalue weighted by Gasteiger charge is -2.29. The summed E-state index contributed by atoms with van der Waals surface area (Å²) in [5, 5.41) is 0. The summed E-state index contributed by atoms with van der Waals surface area (Å²) >= 11 is 0. The monoisotopic (exact) mass is 156 g/mol. The molecule has 0 saturated carbocycles. The van der Waals surface area contributed by atoms with Crippen molar-refractivity contribution in [1.82, 2.24) is 4.90 Å². The van der Waals surface area contributed by atoms with Gasteiger partial charge in [0.25, 0.3) is 0 Å². The Hall–Kier alpha value is -0.0800. The van der Waals surface area contributed by atoms with Crippen molar-refractivity contribution in [2.75, 3.05) is 26.7 Å². The lowest BCUT2D eigenvalue weighted by atomic mass is 10.1. The van der Waals surface area contributed by atoms with Crippen LogP contribution in [0.25, 0.3) is 0 Å². The normalized spacial score (nSPS) is 22.4. The summed E-state index contributed by atoms with van der Waals surface area (Å²) in [6.45, 7) is 5.86. The number of ether oxygens (including phenoxy) is 1. The van der Waals surface area contributed by atoms with E-state index >= 15 is 0 Å². The van der Waals surface area contributed by atoms with Crippen LogP contribution in [0.5, 0.6) is 0 Å². The second kappa shape index (κ2) is 4.73. The van der Waals surface area contributed by atoms with Gasteiger partial charge in [-0.15, -0.1) is 0 Å². The summed E-state index contributed by atoms with van der Waals surface area (Å²) in [5.41, 5.74) is 0. The van der Waals surface area contributed by atoms with E-state index in [2.05, 4.69) is 11.8 Å². The van der Waals surface area contributed by atoms with Gasteiger partial charge in [0.1, 0.15) is 0 Å². The molecule has 0 spiro atoms. The zero-order valence-electron chi connectivity index (χ0n) is 7.60. The molecule has 0 aromatic carbocycles. The maximum absolute atomic E-state index is 5.21. The predicted molar refractivity (Wildman–Crippen MR) is 46.2 cm³/mol. The number of likely N-dealkylation sites (tertiary alicyclic amines) is 1. The fraction of sp³-hybridized carbons (Fsp3) is 0.889. The molecule has 1 aliphatic heterocycles. The number of rotatable bonds is 3. The Bertz CT molecular complexity index is 97.7. The molecule has 1 radical (unpaired) electrons. The number of hydrogen-bond donors (Lipinski definition) is 0. The summed E-state index contributed by atoms with van der Waals surface area (Å²) in [5.74, 6) is 0. The Labute approximate surface area is 69.5 Å². The number of methoxy groups -OCH3 is 1. The molecule has 0 unspecified atom stereocenters. The first-order valence-corrected chi connectivity index (χ1v) is 4.48. The van der Waals surface area contributed by atoms with E-state index in [1.165, 1.54) is 32.2 Å². The summed E-state index contributed by atoms with van der Waals surface area (Å²) in [7, 11) is 1.78. The van der Waals surface area contributed by atoms with E-state index in [0.29, 0.717) is 0 Å². The quantitative estimate of drug-likeness (QED) is 0.616. The molecule has 1 fully saturated rings. The van der Waals surface area contributed by atoms with Crippen molar-refractivity contribution < 1.29 is 4.74 Å². The number of nitrogens with zero attached hydrogens (tertiary/aromatic N) is 1. The van der Waals surface area contributed by atoms with E-state index in [1.807, 2.05) is 0 Å². The molecule has 0 N–H and O–H groups in total. The Balaban J connectivity index is 2.14. The van der Waals surface area contributed by atoms with Crippen LogP contribution in [0.3, 0.4) is 0 Å². The van der Waals surface area contributed by atoms with Gasteiger partial charge in [-0.25, -0.2) is 0 Å². The second-order valence-corrected chi connectivity index (χ2v) is 3.08. The molecule has 1 heterocycles. The molecule has 2 heteroatoms. The van der Waals surface area contributed by atoms with E-state index < -0.39 is 0 Å². The topological polar surface area (TPSA) is 12.5 Å². The summed E-state index contributed by atoms with van der Waals surface area (Å²) in [6.07, 6.45) is 4.81. The molecule has 0 atom stereocenters. The van der Waals surface area contributed by atoms with Crippen molar-refractivity contribution in [1.29, 1.82) is 0 Å². The predicted octanol–water partition coefficient (Wildman–Crippen LogP) is 1.67. The summed E-state index contributed by atoms with van der Waals surface area (Å²) < 4.78 is 5.21. The molecule has 65 valence electrons. The molecule has 0 aromatic rings. The van der Waals surface area contributed by atoms with Crippen LogP contribution < -0.4 is 0 Å². The highest BCUT2D eigenvalue weighted by atomic mass is 16.5. The average molecular weight is 156 g/mol. The standard InChI is InChI=1S/C9H18NO/c1-3-6-10-7-4-9(11-2)5-8-10/h3-8H2,1-2H3. The molecule has 0 amide bonds. The van der Waals surface area contributed by atoms with E-state index in [4.69, 9.17) is 4.74 Å². The second-order valence-electron chi connectivity index (χ2n) is 3.08. The minimum Gasteiger partial charge on any atom is -0.375 e.